The van der Waals surface area contributed by atoms with Crippen molar-refractivity contribution in [2.45, 2.75) is 32.8 Å². The zero-order valence-corrected chi connectivity index (χ0v) is 13.6. The van der Waals surface area contributed by atoms with Gasteiger partial charge in [0.05, 0.1) is 12.3 Å². The second-order valence-corrected chi connectivity index (χ2v) is 5.61. The van der Waals surface area contributed by atoms with E-state index in [1.54, 1.807) is 25.6 Å². The molecule has 1 aromatic heterocycles. The fraction of sp³-hybridized carbons (Fsp3) is 0.500. The quantitative estimate of drug-likeness (QED) is 0.476. The van der Waals surface area contributed by atoms with Gasteiger partial charge in [-0.2, -0.15) is 0 Å². The summed E-state index contributed by atoms with van der Waals surface area (Å²) in [6.45, 7) is 6.21. The highest BCUT2D eigenvalue weighted by Gasteiger charge is 2.16. The second-order valence-electron chi connectivity index (χ2n) is 5.61. The number of rotatable bonds is 7. The molecule has 0 radical (unpaired) electrons. The molecule has 1 N–H and O–H groups in total. The molecule has 1 amide bonds. The number of hydrogen-bond acceptors (Lipinski definition) is 5. The van der Waals surface area contributed by atoms with Crippen LogP contribution in [0.25, 0.3) is 0 Å². The van der Waals surface area contributed by atoms with Gasteiger partial charge in [0.2, 0.25) is 0 Å². The number of carbonyl (C=O) groups excluding carboxylic acids is 1. The minimum absolute atomic E-state index is 0.267. The summed E-state index contributed by atoms with van der Waals surface area (Å²) in [5.74, 6) is 0. The molecular formula is C16H24N2O4. The van der Waals surface area contributed by atoms with Crippen LogP contribution in [0.3, 0.4) is 0 Å². The maximum absolute atomic E-state index is 11.8. The Labute approximate surface area is 131 Å². The maximum atomic E-state index is 11.8. The van der Waals surface area contributed by atoms with Crippen molar-refractivity contribution < 1.29 is 19.0 Å². The first-order valence-electron chi connectivity index (χ1n) is 7.07. The lowest BCUT2D eigenvalue weighted by molar-refractivity contribution is -0.0186. The molecule has 1 aromatic rings. The molecule has 0 saturated heterocycles. The van der Waals surface area contributed by atoms with Crippen LogP contribution in [0.4, 0.5) is 10.5 Å². The summed E-state index contributed by atoms with van der Waals surface area (Å²) in [5, 5.41) is 2.74. The Kier molecular flexibility index (Phi) is 7.56. The van der Waals surface area contributed by atoms with Crippen molar-refractivity contribution in [2.75, 3.05) is 25.8 Å². The van der Waals surface area contributed by atoms with Gasteiger partial charge in [-0.15, -0.1) is 0 Å². The van der Waals surface area contributed by atoms with Crippen LogP contribution in [0.2, 0.25) is 0 Å². The molecule has 122 valence electrons. The Hall–Kier alpha value is -1.92. The van der Waals surface area contributed by atoms with E-state index in [1.807, 2.05) is 32.9 Å². The summed E-state index contributed by atoms with van der Waals surface area (Å²) in [7, 11) is 1.58. The van der Waals surface area contributed by atoms with E-state index in [4.69, 9.17) is 14.2 Å². The Morgan fingerprint density at radius 3 is 2.82 bits per heavy atom. The molecule has 0 atom stereocenters. The third kappa shape index (κ3) is 7.75. The first-order valence-corrected chi connectivity index (χ1v) is 7.07. The molecule has 0 fully saturated rings. The highest BCUT2D eigenvalue weighted by Crippen LogP contribution is 2.16. The third-order valence-corrected chi connectivity index (χ3v) is 2.46. The van der Waals surface area contributed by atoms with Crippen LogP contribution in [0, 0.1) is 0 Å². The Morgan fingerprint density at radius 1 is 1.36 bits per heavy atom. The summed E-state index contributed by atoms with van der Waals surface area (Å²) >= 11 is 0. The maximum Gasteiger partial charge on any atom is 0.412 e. The minimum atomic E-state index is -0.532. The van der Waals surface area contributed by atoms with Crippen LogP contribution in [-0.4, -0.2) is 37.2 Å². The summed E-state index contributed by atoms with van der Waals surface area (Å²) in [4.78, 5) is 15.9. The van der Waals surface area contributed by atoms with Crippen molar-refractivity contribution in [1.82, 2.24) is 4.98 Å². The molecule has 0 unspecified atom stereocenters. The number of aromatic nitrogens is 1. The first kappa shape index (κ1) is 18.1. The monoisotopic (exact) mass is 308 g/mol. The van der Waals surface area contributed by atoms with E-state index in [-0.39, 0.29) is 6.79 Å². The van der Waals surface area contributed by atoms with Gasteiger partial charge in [-0.05, 0) is 38.8 Å². The molecule has 0 spiro atoms. The zero-order chi connectivity index (χ0) is 16.4. The predicted molar refractivity (Wildman–Crippen MR) is 84.8 cm³/mol. The molecular weight excluding hydrogens is 284 g/mol. The fourth-order valence-corrected chi connectivity index (χ4v) is 1.60. The van der Waals surface area contributed by atoms with Gasteiger partial charge in [-0.1, -0.05) is 12.2 Å². The molecule has 1 heterocycles. The van der Waals surface area contributed by atoms with Crippen LogP contribution in [-0.2, 0) is 20.6 Å². The van der Waals surface area contributed by atoms with Gasteiger partial charge in [0.1, 0.15) is 12.4 Å². The van der Waals surface area contributed by atoms with Gasteiger partial charge in [0.25, 0.3) is 0 Å². The molecule has 0 aromatic carbocycles. The number of carbonyl (C=O) groups is 1. The summed E-state index contributed by atoms with van der Waals surface area (Å²) in [5.41, 5.74) is 1.05. The van der Waals surface area contributed by atoms with Crippen LogP contribution >= 0.6 is 0 Å². The largest absolute Gasteiger partial charge is 0.444 e. The van der Waals surface area contributed by atoms with Crippen molar-refractivity contribution in [2.24, 2.45) is 0 Å². The first-order chi connectivity index (χ1) is 10.4. The van der Waals surface area contributed by atoms with Crippen molar-refractivity contribution in [3.8, 4) is 0 Å². The van der Waals surface area contributed by atoms with E-state index in [9.17, 15) is 4.79 Å². The van der Waals surface area contributed by atoms with Gasteiger partial charge in [-0.3, -0.25) is 10.3 Å². The number of allylic oxidation sites excluding steroid dienone is 1. The second kappa shape index (κ2) is 9.17. The number of amides is 1. The number of anilines is 1. The van der Waals surface area contributed by atoms with Crippen LogP contribution < -0.4 is 5.32 Å². The van der Waals surface area contributed by atoms with Gasteiger partial charge in [0.15, 0.2) is 0 Å². The average Bonchev–Trinajstić information content (AvgIpc) is 2.42. The molecule has 6 heteroatoms. The van der Waals surface area contributed by atoms with Gasteiger partial charge in [-0.25, -0.2) is 4.79 Å². The van der Waals surface area contributed by atoms with E-state index in [0.29, 0.717) is 18.7 Å². The van der Waals surface area contributed by atoms with Crippen molar-refractivity contribution in [3.63, 3.8) is 0 Å². The van der Waals surface area contributed by atoms with Gasteiger partial charge >= 0.3 is 6.09 Å². The summed E-state index contributed by atoms with van der Waals surface area (Å²) < 4.78 is 15.2. The van der Waals surface area contributed by atoms with Crippen molar-refractivity contribution in [1.29, 1.82) is 0 Å². The lowest BCUT2D eigenvalue weighted by atomic mass is 10.1. The van der Waals surface area contributed by atoms with E-state index in [0.717, 1.165) is 5.56 Å². The number of ether oxygens (including phenoxy) is 3. The topological polar surface area (TPSA) is 69.7 Å². The number of nitrogens with zero attached hydrogens (tertiary/aromatic N) is 1. The van der Waals surface area contributed by atoms with Crippen LogP contribution in [0.15, 0.2) is 30.6 Å². The highest BCUT2D eigenvalue weighted by molar-refractivity contribution is 5.85. The summed E-state index contributed by atoms with van der Waals surface area (Å²) in [6, 6.07) is 1.74. The smallest absolute Gasteiger partial charge is 0.412 e. The molecule has 0 aliphatic heterocycles. The van der Waals surface area contributed by atoms with E-state index in [2.05, 4.69) is 10.3 Å². The number of nitrogens with one attached hydrogen (secondary N) is 1. The Balaban J connectivity index is 2.56. The lowest BCUT2D eigenvalue weighted by Crippen LogP contribution is -2.27. The Bertz CT molecular complexity index is 495. The molecule has 22 heavy (non-hydrogen) atoms. The standard InChI is InChI=1S/C16H24N2O4/c1-16(2,3)22-15(19)18-14-8-9-17-11-13(14)7-5-6-10-21-12-20-4/h5-6,8-9,11H,7,10,12H2,1-4H3,(H,17,18,19)/b6-5+. The highest BCUT2D eigenvalue weighted by atomic mass is 16.7. The van der Waals surface area contributed by atoms with Gasteiger partial charge < -0.3 is 14.2 Å². The molecule has 6 nitrogen and oxygen atoms in total. The Morgan fingerprint density at radius 2 is 2.14 bits per heavy atom. The minimum Gasteiger partial charge on any atom is -0.444 e. The van der Waals surface area contributed by atoms with Crippen LogP contribution in [0.1, 0.15) is 26.3 Å². The van der Waals surface area contributed by atoms with E-state index in [1.165, 1.54) is 0 Å². The van der Waals surface area contributed by atoms with Gasteiger partial charge in [0, 0.05) is 19.5 Å². The zero-order valence-electron chi connectivity index (χ0n) is 13.6. The van der Waals surface area contributed by atoms with E-state index >= 15 is 0 Å². The van der Waals surface area contributed by atoms with Crippen LogP contribution in [0.5, 0.6) is 0 Å². The SMILES string of the molecule is COCOC/C=C/Cc1cnccc1NC(=O)OC(C)(C)C. The summed E-state index contributed by atoms with van der Waals surface area (Å²) in [6.07, 6.45) is 7.34. The average molecular weight is 308 g/mol. The number of hydrogen-bond donors (Lipinski definition) is 1. The number of methoxy groups -OCH3 is 1. The molecule has 0 bridgehead atoms. The number of pyridine rings is 1. The van der Waals surface area contributed by atoms with Crippen molar-refractivity contribution >= 4 is 11.8 Å². The molecule has 1 rings (SSSR count). The third-order valence-electron chi connectivity index (χ3n) is 2.46. The normalized spacial score (nSPS) is 11.6. The van der Waals surface area contributed by atoms with Crippen molar-refractivity contribution in [3.05, 3.63) is 36.2 Å². The predicted octanol–water partition coefficient (Wildman–Crippen LogP) is 3.15. The van der Waals surface area contributed by atoms with E-state index < -0.39 is 11.7 Å². The fourth-order valence-electron chi connectivity index (χ4n) is 1.60. The lowest BCUT2D eigenvalue weighted by Gasteiger charge is -2.20. The molecule has 0 saturated carbocycles. The molecule has 0 aliphatic carbocycles. The molecule has 0 aliphatic rings.